The first-order valence-electron chi connectivity index (χ1n) is 6.55. The number of anilines is 1. The van der Waals surface area contributed by atoms with Gasteiger partial charge in [0.2, 0.25) is 15.9 Å². The Kier molecular flexibility index (Phi) is 5.71. The van der Waals surface area contributed by atoms with Crippen molar-refractivity contribution in [3.8, 4) is 0 Å². The Labute approximate surface area is 121 Å². The van der Waals surface area contributed by atoms with Crippen molar-refractivity contribution < 1.29 is 13.2 Å². The molecule has 0 aliphatic heterocycles. The van der Waals surface area contributed by atoms with Gasteiger partial charge in [0.1, 0.15) is 0 Å². The minimum Gasteiger partial charge on any atom is -0.314 e. The maximum absolute atomic E-state index is 12.2. The number of rotatable bonds is 6. The van der Waals surface area contributed by atoms with Crippen molar-refractivity contribution in [2.45, 2.75) is 26.3 Å². The van der Waals surface area contributed by atoms with E-state index in [2.05, 4.69) is 0 Å². The van der Waals surface area contributed by atoms with Gasteiger partial charge in [-0.05, 0) is 25.5 Å². The van der Waals surface area contributed by atoms with Crippen LogP contribution in [-0.4, -0.2) is 44.5 Å². The van der Waals surface area contributed by atoms with Crippen molar-refractivity contribution in [1.82, 2.24) is 4.31 Å². The lowest BCUT2D eigenvalue weighted by Gasteiger charge is -2.27. The molecule has 1 rings (SSSR count). The maximum Gasteiger partial charge on any atom is 0.242 e. The minimum absolute atomic E-state index is 0.140. The number of carbonyl (C=O) groups is 1. The van der Waals surface area contributed by atoms with E-state index in [1.54, 1.807) is 14.0 Å². The van der Waals surface area contributed by atoms with E-state index in [0.29, 0.717) is 6.42 Å². The predicted molar refractivity (Wildman–Crippen MR) is 81.2 cm³/mol. The van der Waals surface area contributed by atoms with Crippen LogP contribution in [-0.2, 0) is 14.8 Å². The Morgan fingerprint density at radius 3 is 2.25 bits per heavy atom. The zero-order chi connectivity index (χ0) is 15.3. The van der Waals surface area contributed by atoms with Crippen molar-refractivity contribution in [3.63, 3.8) is 0 Å². The third-order valence-corrected chi connectivity index (χ3v) is 4.66. The molecule has 112 valence electrons. The lowest BCUT2D eigenvalue weighted by atomic mass is 10.2. The van der Waals surface area contributed by atoms with E-state index < -0.39 is 10.0 Å². The number of amides is 1. The summed E-state index contributed by atoms with van der Waals surface area (Å²) in [6, 6.07) is 8.96. The molecule has 0 saturated carbocycles. The second-order valence-corrected chi connectivity index (χ2v) is 6.79. The molecule has 20 heavy (non-hydrogen) atoms. The van der Waals surface area contributed by atoms with Gasteiger partial charge in [0, 0.05) is 18.8 Å². The molecule has 1 atom stereocenters. The molecule has 0 radical (unpaired) electrons. The first-order valence-corrected chi connectivity index (χ1v) is 8.40. The topological polar surface area (TPSA) is 57.7 Å². The molecular weight excluding hydrogens is 276 g/mol. The summed E-state index contributed by atoms with van der Waals surface area (Å²) in [5.41, 5.74) is 0.745. The van der Waals surface area contributed by atoms with E-state index >= 15 is 0 Å². The highest BCUT2D eigenvalue weighted by molar-refractivity contribution is 7.88. The standard InChI is InChI=1S/C14H22N2O3S/c1-5-12(2)16(20(4,18)19)11-14(17)15(3)13-9-7-6-8-10-13/h6-10,12H,5,11H2,1-4H3. The molecule has 1 aromatic rings. The number of hydrogen-bond donors (Lipinski definition) is 0. The highest BCUT2D eigenvalue weighted by Gasteiger charge is 2.26. The molecule has 0 aliphatic carbocycles. The van der Waals surface area contributed by atoms with E-state index in [0.717, 1.165) is 11.9 Å². The summed E-state index contributed by atoms with van der Waals surface area (Å²) in [6.45, 7) is 3.56. The zero-order valence-electron chi connectivity index (χ0n) is 12.4. The molecule has 1 unspecified atom stereocenters. The van der Waals surface area contributed by atoms with Crippen molar-refractivity contribution >= 4 is 21.6 Å². The van der Waals surface area contributed by atoms with Crippen LogP contribution in [0.2, 0.25) is 0 Å². The van der Waals surface area contributed by atoms with Gasteiger partial charge in [0.05, 0.1) is 12.8 Å². The smallest absolute Gasteiger partial charge is 0.242 e. The summed E-state index contributed by atoms with van der Waals surface area (Å²) in [7, 11) is -1.75. The Morgan fingerprint density at radius 1 is 1.25 bits per heavy atom. The van der Waals surface area contributed by atoms with Crippen LogP contribution in [0.5, 0.6) is 0 Å². The van der Waals surface area contributed by atoms with Gasteiger partial charge in [-0.1, -0.05) is 25.1 Å². The van der Waals surface area contributed by atoms with Crippen molar-refractivity contribution in [2.75, 3.05) is 24.7 Å². The van der Waals surface area contributed by atoms with Gasteiger partial charge in [-0.3, -0.25) is 4.79 Å². The third-order valence-electron chi connectivity index (χ3n) is 3.32. The van der Waals surface area contributed by atoms with Crippen LogP contribution in [0.25, 0.3) is 0 Å². The van der Waals surface area contributed by atoms with Gasteiger partial charge in [0.25, 0.3) is 0 Å². The van der Waals surface area contributed by atoms with Crippen LogP contribution in [0.15, 0.2) is 30.3 Å². The Hall–Kier alpha value is -1.40. The Bertz CT molecular complexity index is 543. The number of nitrogens with zero attached hydrogens (tertiary/aromatic N) is 2. The number of likely N-dealkylation sites (N-methyl/N-ethyl adjacent to an activating group) is 1. The van der Waals surface area contributed by atoms with Gasteiger partial charge in [-0.25, -0.2) is 8.42 Å². The first-order chi connectivity index (χ1) is 9.27. The molecule has 0 saturated heterocycles. The highest BCUT2D eigenvalue weighted by atomic mass is 32.2. The van der Waals surface area contributed by atoms with Gasteiger partial charge in [-0.15, -0.1) is 0 Å². The van der Waals surface area contributed by atoms with Crippen LogP contribution >= 0.6 is 0 Å². The molecule has 6 heteroatoms. The van der Waals surface area contributed by atoms with Crippen molar-refractivity contribution in [3.05, 3.63) is 30.3 Å². The summed E-state index contributed by atoms with van der Waals surface area (Å²) in [6.07, 6.45) is 1.80. The summed E-state index contributed by atoms with van der Waals surface area (Å²) in [5.74, 6) is -0.248. The molecule has 1 aromatic carbocycles. The number of hydrogen-bond acceptors (Lipinski definition) is 3. The van der Waals surface area contributed by atoms with Crippen LogP contribution < -0.4 is 4.90 Å². The van der Waals surface area contributed by atoms with E-state index in [9.17, 15) is 13.2 Å². The summed E-state index contributed by atoms with van der Waals surface area (Å²) in [5, 5.41) is 0. The van der Waals surface area contributed by atoms with E-state index in [1.807, 2.05) is 37.3 Å². The quantitative estimate of drug-likeness (QED) is 0.803. The van der Waals surface area contributed by atoms with Crippen LogP contribution in [0.4, 0.5) is 5.69 Å². The predicted octanol–water partition coefficient (Wildman–Crippen LogP) is 1.71. The summed E-state index contributed by atoms with van der Waals surface area (Å²) < 4.78 is 24.8. The average Bonchev–Trinajstić information content (AvgIpc) is 2.42. The molecule has 5 nitrogen and oxygen atoms in total. The lowest BCUT2D eigenvalue weighted by Crippen LogP contribution is -2.45. The van der Waals surface area contributed by atoms with Gasteiger partial charge in [-0.2, -0.15) is 4.31 Å². The van der Waals surface area contributed by atoms with Gasteiger partial charge < -0.3 is 4.90 Å². The summed E-state index contributed by atoms with van der Waals surface area (Å²) >= 11 is 0. The summed E-state index contributed by atoms with van der Waals surface area (Å²) in [4.78, 5) is 13.7. The molecule has 0 fully saturated rings. The second kappa shape index (κ2) is 6.85. The molecule has 0 bridgehead atoms. The number of benzene rings is 1. The first kappa shape index (κ1) is 16.7. The Morgan fingerprint density at radius 2 is 1.80 bits per heavy atom. The molecule has 0 N–H and O–H groups in total. The fourth-order valence-electron chi connectivity index (χ4n) is 1.84. The zero-order valence-corrected chi connectivity index (χ0v) is 13.2. The molecule has 0 spiro atoms. The fourth-order valence-corrected chi connectivity index (χ4v) is 2.99. The molecule has 0 heterocycles. The van der Waals surface area contributed by atoms with Gasteiger partial charge in [0.15, 0.2) is 0 Å². The number of para-hydroxylation sites is 1. The fraction of sp³-hybridized carbons (Fsp3) is 0.500. The van der Waals surface area contributed by atoms with E-state index in [-0.39, 0.29) is 18.5 Å². The normalized spacial score (nSPS) is 13.2. The SMILES string of the molecule is CCC(C)N(CC(=O)N(C)c1ccccc1)S(C)(=O)=O. The minimum atomic E-state index is -3.40. The van der Waals surface area contributed by atoms with Crippen LogP contribution in [0.3, 0.4) is 0 Å². The van der Waals surface area contributed by atoms with Gasteiger partial charge >= 0.3 is 0 Å². The highest BCUT2D eigenvalue weighted by Crippen LogP contribution is 2.14. The third kappa shape index (κ3) is 4.31. The second-order valence-electron chi connectivity index (χ2n) is 4.85. The largest absolute Gasteiger partial charge is 0.314 e. The lowest BCUT2D eigenvalue weighted by molar-refractivity contribution is -0.118. The number of carbonyl (C=O) groups excluding carboxylic acids is 1. The van der Waals surface area contributed by atoms with Crippen molar-refractivity contribution in [2.24, 2.45) is 0 Å². The average molecular weight is 298 g/mol. The van der Waals surface area contributed by atoms with E-state index in [4.69, 9.17) is 0 Å². The van der Waals surface area contributed by atoms with Crippen LogP contribution in [0.1, 0.15) is 20.3 Å². The Balaban J connectivity index is 2.87. The molecular formula is C14H22N2O3S. The molecule has 0 aliphatic rings. The molecule has 0 aromatic heterocycles. The van der Waals surface area contributed by atoms with Crippen molar-refractivity contribution in [1.29, 1.82) is 0 Å². The van der Waals surface area contributed by atoms with E-state index in [1.165, 1.54) is 9.21 Å². The molecule has 1 amide bonds. The van der Waals surface area contributed by atoms with Crippen LogP contribution in [0, 0.1) is 0 Å². The monoisotopic (exact) mass is 298 g/mol. The number of sulfonamides is 1. The maximum atomic E-state index is 12.2.